The summed E-state index contributed by atoms with van der Waals surface area (Å²) in [5, 5.41) is 2.08. The van der Waals surface area contributed by atoms with Crippen molar-refractivity contribution < 1.29 is 4.74 Å². The molecule has 16 heavy (non-hydrogen) atoms. The normalized spacial score (nSPS) is 10.3. The summed E-state index contributed by atoms with van der Waals surface area (Å²) >= 11 is 7.33. The van der Waals surface area contributed by atoms with Gasteiger partial charge in [-0.15, -0.1) is 22.9 Å². The predicted octanol–water partition coefficient (Wildman–Crippen LogP) is 4.42. The maximum Gasteiger partial charge on any atom is 0.119 e. The van der Waals surface area contributed by atoms with Gasteiger partial charge in [0.1, 0.15) is 5.75 Å². The summed E-state index contributed by atoms with van der Waals surface area (Å²) in [4.78, 5) is 1.28. The van der Waals surface area contributed by atoms with Crippen LogP contribution in [-0.2, 0) is 0 Å². The molecule has 0 spiro atoms. The number of benzene rings is 1. The standard InChI is InChI=1S/C13H13ClOS/c14-8-2-9-15-12-6-4-11(5-7-12)13-3-1-10-16-13/h1,3-7,10H,2,8-9H2. The van der Waals surface area contributed by atoms with Crippen molar-refractivity contribution in [3.8, 4) is 16.2 Å². The Bertz CT molecular complexity index is 408. The Morgan fingerprint density at radius 1 is 1.12 bits per heavy atom. The van der Waals surface area contributed by atoms with E-state index in [4.69, 9.17) is 16.3 Å². The summed E-state index contributed by atoms with van der Waals surface area (Å²) in [7, 11) is 0. The van der Waals surface area contributed by atoms with Crippen molar-refractivity contribution >= 4 is 22.9 Å². The summed E-state index contributed by atoms with van der Waals surface area (Å²) in [6.45, 7) is 0.682. The van der Waals surface area contributed by atoms with Crippen LogP contribution in [0, 0.1) is 0 Å². The number of rotatable bonds is 5. The van der Waals surface area contributed by atoms with E-state index in [1.54, 1.807) is 11.3 Å². The molecule has 1 aromatic carbocycles. The fraction of sp³-hybridized carbons (Fsp3) is 0.231. The SMILES string of the molecule is ClCCCOc1ccc(-c2cccs2)cc1. The first-order valence-corrected chi connectivity index (χ1v) is 6.64. The molecule has 1 nitrogen and oxygen atoms in total. The second-order valence-electron chi connectivity index (χ2n) is 3.39. The fourth-order valence-electron chi connectivity index (χ4n) is 1.40. The van der Waals surface area contributed by atoms with Gasteiger partial charge in [0.2, 0.25) is 0 Å². The molecule has 2 rings (SSSR count). The van der Waals surface area contributed by atoms with Crippen molar-refractivity contribution in [2.75, 3.05) is 12.5 Å². The molecular formula is C13H13ClOS. The van der Waals surface area contributed by atoms with Crippen LogP contribution in [0.25, 0.3) is 10.4 Å². The van der Waals surface area contributed by atoms with Crippen LogP contribution in [0.2, 0.25) is 0 Å². The van der Waals surface area contributed by atoms with Gasteiger partial charge in [0.05, 0.1) is 6.61 Å². The predicted molar refractivity (Wildman–Crippen MR) is 70.6 cm³/mol. The highest BCUT2D eigenvalue weighted by Gasteiger charge is 1.99. The van der Waals surface area contributed by atoms with Gasteiger partial charge in [0.25, 0.3) is 0 Å². The largest absolute Gasteiger partial charge is 0.494 e. The van der Waals surface area contributed by atoms with Crippen LogP contribution < -0.4 is 4.74 Å². The van der Waals surface area contributed by atoms with E-state index in [0.29, 0.717) is 12.5 Å². The highest BCUT2D eigenvalue weighted by molar-refractivity contribution is 7.13. The fourth-order valence-corrected chi connectivity index (χ4v) is 2.24. The molecule has 0 unspecified atom stereocenters. The van der Waals surface area contributed by atoms with Crippen LogP contribution in [0.3, 0.4) is 0 Å². The molecule has 84 valence electrons. The minimum Gasteiger partial charge on any atom is -0.494 e. The molecule has 0 saturated heterocycles. The van der Waals surface area contributed by atoms with Gasteiger partial charge in [-0.2, -0.15) is 0 Å². The molecule has 3 heteroatoms. The molecule has 0 fully saturated rings. The maximum atomic E-state index is 5.58. The van der Waals surface area contributed by atoms with Gasteiger partial charge in [-0.25, -0.2) is 0 Å². The Balaban J connectivity index is 2.00. The number of thiophene rings is 1. The molecule has 0 radical (unpaired) electrons. The van der Waals surface area contributed by atoms with Crippen LogP contribution in [-0.4, -0.2) is 12.5 Å². The van der Waals surface area contributed by atoms with E-state index in [9.17, 15) is 0 Å². The van der Waals surface area contributed by atoms with E-state index in [1.165, 1.54) is 10.4 Å². The number of hydrogen-bond acceptors (Lipinski definition) is 2. The molecule has 0 saturated carbocycles. The van der Waals surface area contributed by atoms with Gasteiger partial charge in [0, 0.05) is 10.8 Å². The molecule has 0 bridgehead atoms. The third-order valence-electron chi connectivity index (χ3n) is 2.21. The second-order valence-corrected chi connectivity index (χ2v) is 4.72. The lowest BCUT2D eigenvalue weighted by Gasteiger charge is -2.05. The van der Waals surface area contributed by atoms with Crippen LogP contribution in [0.1, 0.15) is 6.42 Å². The third kappa shape index (κ3) is 3.00. The van der Waals surface area contributed by atoms with Crippen molar-refractivity contribution in [1.82, 2.24) is 0 Å². The number of alkyl halides is 1. The molecule has 0 N–H and O–H groups in total. The van der Waals surface area contributed by atoms with Gasteiger partial charge < -0.3 is 4.74 Å². The van der Waals surface area contributed by atoms with E-state index >= 15 is 0 Å². The summed E-state index contributed by atoms with van der Waals surface area (Å²) < 4.78 is 5.54. The van der Waals surface area contributed by atoms with E-state index in [-0.39, 0.29) is 0 Å². The summed E-state index contributed by atoms with van der Waals surface area (Å²) in [5.41, 5.74) is 1.24. The van der Waals surface area contributed by atoms with Crippen molar-refractivity contribution in [2.24, 2.45) is 0 Å². The molecule has 0 aliphatic heterocycles. The number of hydrogen-bond donors (Lipinski definition) is 0. The summed E-state index contributed by atoms with van der Waals surface area (Å²) in [6.07, 6.45) is 0.883. The number of ether oxygens (including phenoxy) is 1. The Kier molecular flexibility index (Phi) is 4.25. The Morgan fingerprint density at radius 3 is 2.56 bits per heavy atom. The van der Waals surface area contributed by atoms with Crippen LogP contribution in [0.4, 0.5) is 0 Å². The molecule has 2 aromatic rings. The van der Waals surface area contributed by atoms with Crippen molar-refractivity contribution in [3.63, 3.8) is 0 Å². The zero-order valence-electron chi connectivity index (χ0n) is 8.86. The highest BCUT2D eigenvalue weighted by Crippen LogP contribution is 2.26. The number of halogens is 1. The minimum absolute atomic E-state index is 0.646. The van der Waals surface area contributed by atoms with Gasteiger partial charge >= 0.3 is 0 Å². The van der Waals surface area contributed by atoms with Gasteiger partial charge in [-0.1, -0.05) is 6.07 Å². The Hall–Kier alpha value is -0.990. The Morgan fingerprint density at radius 2 is 1.94 bits per heavy atom. The lowest BCUT2D eigenvalue weighted by Crippen LogP contribution is -1.97. The van der Waals surface area contributed by atoms with Gasteiger partial charge in [-0.3, -0.25) is 0 Å². The second kappa shape index (κ2) is 5.92. The van der Waals surface area contributed by atoms with E-state index < -0.39 is 0 Å². The topological polar surface area (TPSA) is 9.23 Å². The molecule has 1 aromatic heterocycles. The molecule has 1 heterocycles. The molecule has 0 aliphatic rings. The van der Waals surface area contributed by atoms with E-state index in [1.807, 2.05) is 12.1 Å². The Labute approximate surface area is 105 Å². The van der Waals surface area contributed by atoms with Crippen molar-refractivity contribution in [2.45, 2.75) is 6.42 Å². The van der Waals surface area contributed by atoms with Crippen LogP contribution in [0.15, 0.2) is 41.8 Å². The molecule has 0 amide bonds. The maximum absolute atomic E-state index is 5.58. The lowest BCUT2D eigenvalue weighted by atomic mass is 10.2. The third-order valence-corrected chi connectivity index (χ3v) is 3.39. The average molecular weight is 253 g/mol. The summed E-state index contributed by atoms with van der Waals surface area (Å²) in [6, 6.07) is 12.4. The molecule has 0 aliphatic carbocycles. The van der Waals surface area contributed by atoms with Crippen LogP contribution >= 0.6 is 22.9 Å². The van der Waals surface area contributed by atoms with E-state index in [0.717, 1.165) is 12.2 Å². The quantitative estimate of drug-likeness (QED) is 0.565. The minimum atomic E-state index is 0.646. The van der Waals surface area contributed by atoms with Gasteiger partial charge in [-0.05, 0) is 47.7 Å². The zero-order chi connectivity index (χ0) is 11.2. The first kappa shape index (κ1) is 11.5. The molecule has 0 atom stereocenters. The smallest absolute Gasteiger partial charge is 0.119 e. The monoisotopic (exact) mass is 252 g/mol. The average Bonchev–Trinajstić information content (AvgIpc) is 2.84. The first-order chi connectivity index (χ1) is 7.90. The summed E-state index contributed by atoms with van der Waals surface area (Å²) in [5.74, 6) is 1.55. The lowest BCUT2D eigenvalue weighted by molar-refractivity contribution is 0.318. The molecular weight excluding hydrogens is 240 g/mol. The van der Waals surface area contributed by atoms with E-state index in [2.05, 4.69) is 29.6 Å². The van der Waals surface area contributed by atoms with Crippen LogP contribution in [0.5, 0.6) is 5.75 Å². The highest BCUT2D eigenvalue weighted by atomic mass is 35.5. The van der Waals surface area contributed by atoms with Crippen molar-refractivity contribution in [1.29, 1.82) is 0 Å². The van der Waals surface area contributed by atoms with Gasteiger partial charge in [0.15, 0.2) is 0 Å². The van der Waals surface area contributed by atoms with Crippen molar-refractivity contribution in [3.05, 3.63) is 41.8 Å². The zero-order valence-corrected chi connectivity index (χ0v) is 10.4. The first-order valence-electron chi connectivity index (χ1n) is 5.23.